The molecule has 0 unspecified atom stereocenters. The molecule has 4 rings (SSSR count). The molecule has 4 heterocycles. The van der Waals surface area contributed by atoms with E-state index in [1.165, 1.54) is 5.56 Å². The number of imidazole rings is 1. The van der Waals surface area contributed by atoms with Crippen LogP contribution < -0.4 is 0 Å². The fourth-order valence-corrected chi connectivity index (χ4v) is 3.52. The van der Waals surface area contributed by atoms with E-state index in [9.17, 15) is 0 Å². The van der Waals surface area contributed by atoms with Gasteiger partial charge >= 0.3 is 0 Å². The summed E-state index contributed by atoms with van der Waals surface area (Å²) in [4.78, 5) is 14.1. The number of aromatic nitrogens is 5. The van der Waals surface area contributed by atoms with Gasteiger partial charge in [0.25, 0.3) is 0 Å². The van der Waals surface area contributed by atoms with Gasteiger partial charge < -0.3 is 4.57 Å². The number of fused-ring (bicyclic) bond motifs is 1. The van der Waals surface area contributed by atoms with E-state index >= 15 is 0 Å². The summed E-state index contributed by atoms with van der Waals surface area (Å²) in [5.41, 5.74) is 4.39. The lowest BCUT2D eigenvalue weighted by Gasteiger charge is -2.34. The molecule has 0 bridgehead atoms. The molecule has 1 saturated heterocycles. The summed E-state index contributed by atoms with van der Waals surface area (Å²) in [5.74, 6) is 1.13. The van der Waals surface area contributed by atoms with Crippen molar-refractivity contribution in [2.45, 2.75) is 26.9 Å². The summed E-state index contributed by atoms with van der Waals surface area (Å²) in [6.45, 7) is 10.2. The Balaban J connectivity index is 1.40. The summed E-state index contributed by atoms with van der Waals surface area (Å²) >= 11 is 0. The van der Waals surface area contributed by atoms with E-state index in [-0.39, 0.29) is 0 Å². The molecule has 0 saturated carbocycles. The maximum atomic E-state index is 4.69. The zero-order chi connectivity index (χ0) is 17.4. The average Bonchev–Trinajstić information content (AvgIpc) is 3.17. The molecule has 0 aliphatic carbocycles. The Hall–Kier alpha value is -2.25. The number of piperazine rings is 1. The Morgan fingerprint density at radius 2 is 1.76 bits per heavy atom. The Bertz CT molecular complexity index is 871. The first-order chi connectivity index (χ1) is 12.1. The molecule has 132 valence electrons. The molecule has 0 spiro atoms. The van der Waals surface area contributed by atoms with Crippen LogP contribution >= 0.6 is 0 Å². The molecule has 1 aliphatic heterocycles. The Morgan fingerprint density at radius 3 is 2.44 bits per heavy atom. The van der Waals surface area contributed by atoms with Crippen LogP contribution in [-0.2, 0) is 20.1 Å². The van der Waals surface area contributed by atoms with Gasteiger partial charge in [0, 0.05) is 69.1 Å². The third kappa shape index (κ3) is 3.29. The van der Waals surface area contributed by atoms with Crippen LogP contribution in [0.5, 0.6) is 0 Å². The highest BCUT2D eigenvalue weighted by atomic mass is 15.3. The average molecular weight is 339 g/mol. The zero-order valence-electron chi connectivity index (χ0n) is 15.2. The number of rotatable bonds is 4. The maximum Gasteiger partial charge on any atom is 0.159 e. The molecule has 3 aromatic heterocycles. The van der Waals surface area contributed by atoms with Gasteiger partial charge in [0.05, 0.1) is 12.7 Å². The number of hydrogen-bond acceptors (Lipinski definition) is 5. The van der Waals surface area contributed by atoms with Gasteiger partial charge in [0.15, 0.2) is 5.65 Å². The number of aryl methyl sites for hydroxylation is 3. The summed E-state index contributed by atoms with van der Waals surface area (Å²) < 4.78 is 4.04. The van der Waals surface area contributed by atoms with Gasteiger partial charge in [-0.3, -0.25) is 9.80 Å². The quantitative estimate of drug-likeness (QED) is 0.719. The van der Waals surface area contributed by atoms with Crippen LogP contribution in [0, 0.1) is 13.8 Å². The van der Waals surface area contributed by atoms with Crippen molar-refractivity contribution in [2.24, 2.45) is 7.05 Å². The van der Waals surface area contributed by atoms with Gasteiger partial charge in [-0.1, -0.05) is 0 Å². The lowest BCUT2D eigenvalue weighted by molar-refractivity contribution is 0.119. The predicted molar refractivity (Wildman–Crippen MR) is 96.2 cm³/mol. The third-order valence-corrected chi connectivity index (χ3v) is 5.00. The molecule has 0 atom stereocenters. The van der Waals surface area contributed by atoms with Crippen LogP contribution in [0.1, 0.15) is 22.8 Å². The molecule has 25 heavy (non-hydrogen) atoms. The van der Waals surface area contributed by atoms with Gasteiger partial charge in [-0.15, -0.1) is 0 Å². The van der Waals surface area contributed by atoms with Crippen LogP contribution in [0.4, 0.5) is 0 Å². The largest absolute Gasteiger partial charge is 0.337 e. The second kappa shape index (κ2) is 6.57. The van der Waals surface area contributed by atoms with Crippen molar-refractivity contribution in [3.8, 4) is 0 Å². The molecular formula is C18H25N7. The fourth-order valence-electron chi connectivity index (χ4n) is 3.52. The van der Waals surface area contributed by atoms with E-state index in [1.807, 2.05) is 30.0 Å². The second-order valence-electron chi connectivity index (χ2n) is 6.95. The van der Waals surface area contributed by atoms with E-state index in [1.54, 1.807) is 0 Å². The highest BCUT2D eigenvalue weighted by molar-refractivity contribution is 5.47. The number of hydrogen-bond donors (Lipinski definition) is 0. The van der Waals surface area contributed by atoms with Gasteiger partial charge in [-0.2, -0.15) is 5.10 Å². The van der Waals surface area contributed by atoms with Crippen molar-refractivity contribution in [3.63, 3.8) is 0 Å². The standard InChI is InChI=1S/C18H25N7/c1-14-10-15(2)25-18(21-14)16(11-20-25)12-23-6-8-24(9-7-23)13-17-19-4-5-22(17)3/h4-5,10-11H,6-9,12-13H2,1-3H3. The van der Waals surface area contributed by atoms with E-state index in [2.05, 4.69) is 49.5 Å². The summed E-state index contributed by atoms with van der Waals surface area (Å²) in [6.07, 6.45) is 5.84. The van der Waals surface area contributed by atoms with Gasteiger partial charge in [-0.25, -0.2) is 14.5 Å². The van der Waals surface area contributed by atoms with Crippen molar-refractivity contribution in [1.29, 1.82) is 0 Å². The van der Waals surface area contributed by atoms with Crippen molar-refractivity contribution in [3.05, 3.63) is 47.4 Å². The van der Waals surface area contributed by atoms with Crippen LogP contribution in [0.25, 0.3) is 5.65 Å². The Labute approximate surface area is 147 Å². The van der Waals surface area contributed by atoms with Gasteiger partial charge in [0.2, 0.25) is 0 Å². The van der Waals surface area contributed by atoms with Crippen LogP contribution in [0.3, 0.4) is 0 Å². The minimum absolute atomic E-state index is 0.912. The van der Waals surface area contributed by atoms with Crippen molar-refractivity contribution in [1.82, 2.24) is 33.9 Å². The molecule has 7 heteroatoms. The number of nitrogens with zero attached hydrogens (tertiary/aromatic N) is 7. The SMILES string of the molecule is Cc1cc(C)n2ncc(CN3CCN(Cc4nccn4C)CC3)c2n1. The van der Waals surface area contributed by atoms with E-state index in [0.717, 1.165) is 62.1 Å². The molecule has 1 fully saturated rings. The molecule has 1 aliphatic rings. The van der Waals surface area contributed by atoms with Crippen LogP contribution in [0.2, 0.25) is 0 Å². The lowest BCUT2D eigenvalue weighted by atomic mass is 10.2. The monoisotopic (exact) mass is 339 g/mol. The van der Waals surface area contributed by atoms with Gasteiger partial charge in [0.1, 0.15) is 5.82 Å². The molecule has 0 amide bonds. The first kappa shape index (κ1) is 16.2. The highest BCUT2D eigenvalue weighted by Crippen LogP contribution is 2.16. The smallest absolute Gasteiger partial charge is 0.159 e. The fraction of sp³-hybridized carbons (Fsp3) is 0.500. The minimum Gasteiger partial charge on any atom is -0.337 e. The van der Waals surface area contributed by atoms with Crippen molar-refractivity contribution >= 4 is 5.65 Å². The second-order valence-corrected chi connectivity index (χ2v) is 6.95. The van der Waals surface area contributed by atoms with Crippen molar-refractivity contribution < 1.29 is 0 Å². The van der Waals surface area contributed by atoms with E-state index < -0.39 is 0 Å². The molecule has 7 nitrogen and oxygen atoms in total. The van der Waals surface area contributed by atoms with Gasteiger partial charge in [-0.05, 0) is 19.9 Å². The van der Waals surface area contributed by atoms with E-state index in [0.29, 0.717) is 0 Å². The Kier molecular flexibility index (Phi) is 4.27. The van der Waals surface area contributed by atoms with Crippen molar-refractivity contribution in [2.75, 3.05) is 26.2 Å². The summed E-state index contributed by atoms with van der Waals surface area (Å²) in [6, 6.07) is 2.07. The zero-order valence-corrected chi connectivity index (χ0v) is 15.2. The predicted octanol–water partition coefficient (Wildman–Crippen LogP) is 1.40. The van der Waals surface area contributed by atoms with E-state index in [4.69, 9.17) is 0 Å². The third-order valence-electron chi connectivity index (χ3n) is 5.00. The normalized spacial score (nSPS) is 16.8. The molecular weight excluding hydrogens is 314 g/mol. The first-order valence-corrected chi connectivity index (χ1v) is 8.82. The van der Waals surface area contributed by atoms with Crippen LogP contribution in [0.15, 0.2) is 24.7 Å². The molecule has 3 aromatic rings. The molecule has 0 aromatic carbocycles. The highest BCUT2D eigenvalue weighted by Gasteiger charge is 2.20. The van der Waals surface area contributed by atoms with Crippen LogP contribution in [-0.4, -0.2) is 60.1 Å². The summed E-state index contributed by atoms with van der Waals surface area (Å²) in [7, 11) is 2.06. The first-order valence-electron chi connectivity index (χ1n) is 8.82. The lowest BCUT2D eigenvalue weighted by Crippen LogP contribution is -2.45. The topological polar surface area (TPSA) is 54.5 Å². The minimum atomic E-state index is 0.912. The summed E-state index contributed by atoms with van der Waals surface area (Å²) in [5, 5.41) is 4.51. The Morgan fingerprint density at radius 1 is 1.04 bits per heavy atom. The molecule has 0 radical (unpaired) electrons. The maximum absolute atomic E-state index is 4.69. The molecule has 0 N–H and O–H groups in total.